The molecule has 1 heterocycles. The fourth-order valence-electron chi connectivity index (χ4n) is 2.05. The lowest BCUT2D eigenvalue weighted by Gasteiger charge is -2.32. The maximum Gasteiger partial charge on any atom is 0.304 e. The summed E-state index contributed by atoms with van der Waals surface area (Å²) in [6.07, 6.45) is 5.23. The summed E-state index contributed by atoms with van der Waals surface area (Å²) in [7, 11) is 0. The van der Waals surface area contributed by atoms with Crippen LogP contribution >= 0.6 is 0 Å². The Morgan fingerprint density at radius 1 is 1.60 bits per heavy atom. The predicted octanol–water partition coefficient (Wildman–Crippen LogP) is 1.83. The lowest BCUT2D eigenvalue weighted by atomic mass is 9.73. The van der Waals surface area contributed by atoms with E-state index in [2.05, 4.69) is 10.2 Å². The van der Waals surface area contributed by atoms with Crippen LogP contribution in [0, 0.1) is 5.92 Å². The molecule has 1 aliphatic rings. The molecule has 4 heteroatoms. The van der Waals surface area contributed by atoms with Gasteiger partial charge in [-0.05, 0) is 30.9 Å². The Morgan fingerprint density at radius 3 is 2.87 bits per heavy atom. The number of carbonyl (C=O) groups is 1. The lowest BCUT2D eigenvalue weighted by molar-refractivity contribution is -0.138. The molecule has 1 aromatic heterocycles. The van der Waals surface area contributed by atoms with E-state index >= 15 is 0 Å². The van der Waals surface area contributed by atoms with Gasteiger partial charge in [-0.15, -0.1) is 0 Å². The van der Waals surface area contributed by atoms with Gasteiger partial charge in [0.05, 0.1) is 12.1 Å². The molecule has 80 valence electrons. The Labute approximate surface area is 88.3 Å². The smallest absolute Gasteiger partial charge is 0.304 e. The van der Waals surface area contributed by atoms with Crippen LogP contribution in [0.4, 0.5) is 0 Å². The SMILES string of the molecule is O=C(O)CC(c1cccnn1)C1CCC1. The number of nitrogens with zero attached hydrogens (tertiary/aromatic N) is 2. The predicted molar refractivity (Wildman–Crippen MR) is 54.4 cm³/mol. The van der Waals surface area contributed by atoms with E-state index in [0.29, 0.717) is 5.92 Å². The summed E-state index contributed by atoms with van der Waals surface area (Å²) in [5.41, 5.74) is 0.824. The number of aromatic nitrogens is 2. The molecule has 1 aliphatic carbocycles. The Bertz CT molecular complexity index is 336. The van der Waals surface area contributed by atoms with Crippen molar-refractivity contribution in [2.45, 2.75) is 31.6 Å². The van der Waals surface area contributed by atoms with Gasteiger partial charge in [0.2, 0.25) is 0 Å². The Morgan fingerprint density at radius 2 is 2.40 bits per heavy atom. The third-order valence-electron chi connectivity index (χ3n) is 3.09. The van der Waals surface area contributed by atoms with E-state index in [1.807, 2.05) is 12.1 Å². The number of carboxylic acid groups (broad SMARTS) is 1. The first-order valence-electron chi connectivity index (χ1n) is 5.27. The van der Waals surface area contributed by atoms with Gasteiger partial charge in [0.15, 0.2) is 0 Å². The molecule has 1 saturated carbocycles. The number of rotatable bonds is 4. The van der Waals surface area contributed by atoms with Crippen molar-refractivity contribution in [2.75, 3.05) is 0 Å². The number of hydrogen-bond acceptors (Lipinski definition) is 3. The molecule has 0 aliphatic heterocycles. The molecule has 0 spiro atoms. The molecule has 1 fully saturated rings. The van der Waals surface area contributed by atoms with Crippen molar-refractivity contribution in [3.8, 4) is 0 Å². The molecule has 0 amide bonds. The monoisotopic (exact) mass is 206 g/mol. The minimum absolute atomic E-state index is 0.0462. The minimum Gasteiger partial charge on any atom is -0.481 e. The standard InChI is InChI=1S/C11H14N2O2/c14-11(15)7-9(8-3-1-4-8)10-5-2-6-12-13-10/h2,5-6,8-9H,1,3-4,7H2,(H,14,15). The Hall–Kier alpha value is -1.45. The molecule has 0 aromatic carbocycles. The second kappa shape index (κ2) is 4.38. The van der Waals surface area contributed by atoms with Gasteiger partial charge in [0.25, 0.3) is 0 Å². The normalized spacial score (nSPS) is 18.1. The highest BCUT2D eigenvalue weighted by Crippen LogP contribution is 2.40. The van der Waals surface area contributed by atoms with Crippen molar-refractivity contribution in [3.63, 3.8) is 0 Å². The van der Waals surface area contributed by atoms with Gasteiger partial charge < -0.3 is 5.11 Å². The highest BCUT2D eigenvalue weighted by Gasteiger charge is 2.31. The molecule has 1 aromatic rings. The maximum absolute atomic E-state index is 10.8. The summed E-state index contributed by atoms with van der Waals surface area (Å²) in [4.78, 5) is 10.8. The maximum atomic E-state index is 10.8. The van der Waals surface area contributed by atoms with Crippen LogP contribution < -0.4 is 0 Å². The van der Waals surface area contributed by atoms with Gasteiger partial charge in [-0.1, -0.05) is 6.42 Å². The molecule has 1 N–H and O–H groups in total. The van der Waals surface area contributed by atoms with Crippen molar-refractivity contribution in [1.82, 2.24) is 10.2 Å². The molecule has 0 bridgehead atoms. The van der Waals surface area contributed by atoms with Crippen molar-refractivity contribution in [3.05, 3.63) is 24.0 Å². The van der Waals surface area contributed by atoms with Crippen molar-refractivity contribution in [2.24, 2.45) is 5.92 Å². The van der Waals surface area contributed by atoms with E-state index < -0.39 is 5.97 Å². The van der Waals surface area contributed by atoms with Crippen LogP contribution in [0.5, 0.6) is 0 Å². The molecular weight excluding hydrogens is 192 g/mol. The average molecular weight is 206 g/mol. The first-order chi connectivity index (χ1) is 7.27. The number of carboxylic acids is 1. The summed E-state index contributed by atoms with van der Waals surface area (Å²) >= 11 is 0. The molecule has 2 rings (SSSR count). The second-order valence-electron chi connectivity index (χ2n) is 4.04. The molecule has 0 radical (unpaired) electrons. The van der Waals surface area contributed by atoms with Gasteiger partial charge >= 0.3 is 5.97 Å². The third-order valence-corrected chi connectivity index (χ3v) is 3.09. The van der Waals surface area contributed by atoms with Crippen LogP contribution in [-0.2, 0) is 4.79 Å². The minimum atomic E-state index is -0.752. The van der Waals surface area contributed by atoms with E-state index in [1.54, 1.807) is 6.20 Å². The first-order valence-corrected chi connectivity index (χ1v) is 5.27. The summed E-state index contributed by atoms with van der Waals surface area (Å²) in [5, 5.41) is 16.7. The van der Waals surface area contributed by atoms with Crippen molar-refractivity contribution < 1.29 is 9.90 Å². The van der Waals surface area contributed by atoms with Crippen LogP contribution in [0.25, 0.3) is 0 Å². The van der Waals surface area contributed by atoms with Crippen LogP contribution in [0.15, 0.2) is 18.3 Å². The van der Waals surface area contributed by atoms with E-state index in [-0.39, 0.29) is 12.3 Å². The topological polar surface area (TPSA) is 63.1 Å². The summed E-state index contributed by atoms with van der Waals surface area (Å²) in [6.45, 7) is 0. The fraction of sp³-hybridized carbons (Fsp3) is 0.545. The van der Waals surface area contributed by atoms with Gasteiger partial charge in [-0.25, -0.2) is 0 Å². The molecule has 0 saturated heterocycles. The first kappa shape index (κ1) is 10.1. The van der Waals surface area contributed by atoms with Gasteiger partial charge in [-0.2, -0.15) is 10.2 Å². The largest absolute Gasteiger partial charge is 0.481 e. The average Bonchev–Trinajstić information content (AvgIpc) is 2.15. The lowest BCUT2D eigenvalue weighted by Crippen LogP contribution is -2.23. The third kappa shape index (κ3) is 2.32. The Kier molecular flexibility index (Phi) is 2.94. The van der Waals surface area contributed by atoms with Crippen molar-refractivity contribution >= 4 is 5.97 Å². The van der Waals surface area contributed by atoms with Gasteiger partial charge in [0.1, 0.15) is 0 Å². The summed E-state index contributed by atoms with van der Waals surface area (Å²) in [5.74, 6) is -0.222. The van der Waals surface area contributed by atoms with E-state index in [9.17, 15) is 4.79 Å². The summed E-state index contributed by atoms with van der Waals surface area (Å²) < 4.78 is 0. The zero-order valence-corrected chi connectivity index (χ0v) is 8.47. The van der Waals surface area contributed by atoms with Crippen LogP contribution in [0.2, 0.25) is 0 Å². The number of hydrogen-bond donors (Lipinski definition) is 1. The van der Waals surface area contributed by atoms with Crippen LogP contribution in [-0.4, -0.2) is 21.3 Å². The van der Waals surface area contributed by atoms with E-state index in [0.717, 1.165) is 18.5 Å². The van der Waals surface area contributed by atoms with Crippen LogP contribution in [0.3, 0.4) is 0 Å². The van der Waals surface area contributed by atoms with Crippen LogP contribution in [0.1, 0.15) is 37.3 Å². The van der Waals surface area contributed by atoms with Gasteiger partial charge in [0, 0.05) is 12.1 Å². The Balaban J connectivity index is 2.14. The van der Waals surface area contributed by atoms with E-state index in [1.165, 1.54) is 6.42 Å². The summed E-state index contributed by atoms with van der Waals surface area (Å²) in [6, 6.07) is 3.69. The molecule has 1 atom stereocenters. The second-order valence-corrected chi connectivity index (χ2v) is 4.04. The van der Waals surface area contributed by atoms with Crippen molar-refractivity contribution in [1.29, 1.82) is 0 Å². The highest BCUT2D eigenvalue weighted by atomic mass is 16.4. The fourth-order valence-corrected chi connectivity index (χ4v) is 2.05. The van der Waals surface area contributed by atoms with E-state index in [4.69, 9.17) is 5.11 Å². The molecule has 1 unspecified atom stereocenters. The van der Waals surface area contributed by atoms with Gasteiger partial charge in [-0.3, -0.25) is 4.79 Å². The highest BCUT2D eigenvalue weighted by molar-refractivity contribution is 5.68. The molecule has 15 heavy (non-hydrogen) atoms. The molecule has 4 nitrogen and oxygen atoms in total. The number of aliphatic carboxylic acids is 1. The molecular formula is C11H14N2O2. The zero-order chi connectivity index (χ0) is 10.7. The quantitative estimate of drug-likeness (QED) is 0.816. The zero-order valence-electron chi connectivity index (χ0n) is 8.47.